The maximum atomic E-state index is 9.57. The zero-order valence-corrected chi connectivity index (χ0v) is 15.1. The Labute approximate surface area is 156 Å². The van der Waals surface area contributed by atoms with Crippen molar-refractivity contribution in [3.8, 4) is 5.75 Å². The average molecular weight is 340 g/mol. The summed E-state index contributed by atoms with van der Waals surface area (Å²) in [5.41, 5.74) is 6.14. The van der Waals surface area contributed by atoms with Gasteiger partial charge < -0.3 is 5.11 Å². The van der Waals surface area contributed by atoms with E-state index in [0.717, 1.165) is 12.8 Å². The highest BCUT2D eigenvalue weighted by molar-refractivity contribution is 5.83. The minimum atomic E-state index is 0.301. The molecule has 0 bridgehead atoms. The predicted molar refractivity (Wildman–Crippen MR) is 110 cm³/mol. The molecule has 0 unspecified atom stereocenters. The van der Waals surface area contributed by atoms with E-state index < -0.39 is 0 Å². The number of phenolic OH excluding ortho intramolecular Hbond substituents is 1. The highest BCUT2D eigenvalue weighted by atomic mass is 16.3. The molecule has 0 aliphatic rings. The van der Waals surface area contributed by atoms with Gasteiger partial charge in [-0.3, -0.25) is 0 Å². The van der Waals surface area contributed by atoms with E-state index in [4.69, 9.17) is 0 Å². The van der Waals surface area contributed by atoms with Crippen LogP contribution in [0.5, 0.6) is 5.75 Å². The van der Waals surface area contributed by atoms with E-state index >= 15 is 0 Å². The summed E-state index contributed by atoms with van der Waals surface area (Å²) in [6, 6.07) is 28.6. The van der Waals surface area contributed by atoms with Gasteiger partial charge in [-0.15, -0.1) is 0 Å². The summed E-state index contributed by atoms with van der Waals surface area (Å²) >= 11 is 0. The molecule has 0 aliphatic carbocycles. The summed E-state index contributed by atoms with van der Waals surface area (Å²) in [5.74, 6) is 0.301. The molecular formula is C25H24O. The molecule has 3 aromatic carbocycles. The van der Waals surface area contributed by atoms with Crippen LogP contribution in [0.3, 0.4) is 0 Å². The number of phenols is 1. The molecule has 0 fully saturated rings. The smallest absolute Gasteiger partial charge is 0.115 e. The van der Waals surface area contributed by atoms with Gasteiger partial charge in [0.15, 0.2) is 0 Å². The lowest BCUT2D eigenvalue weighted by Crippen LogP contribution is -1.97. The second-order valence-corrected chi connectivity index (χ2v) is 6.29. The van der Waals surface area contributed by atoms with Gasteiger partial charge in [-0.1, -0.05) is 91.9 Å². The van der Waals surface area contributed by atoms with Crippen molar-refractivity contribution < 1.29 is 5.11 Å². The first-order valence-corrected chi connectivity index (χ1v) is 9.06. The Bertz CT molecular complexity index is 831. The third-order valence-corrected chi connectivity index (χ3v) is 4.33. The SMILES string of the molecule is CC/C=C/C(Cc1ccc(O)cc1)=C(c1ccccc1)c1ccccc1. The predicted octanol–water partition coefficient (Wildman–Crippen LogP) is 6.40. The zero-order valence-electron chi connectivity index (χ0n) is 15.1. The second-order valence-electron chi connectivity index (χ2n) is 6.29. The van der Waals surface area contributed by atoms with Crippen molar-refractivity contribution >= 4 is 5.57 Å². The van der Waals surface area contributed by atoms with Gasteiger partial charge in [0.25, 0.3) is 0 Å². The van der Waals surface area contributed by atoms with Crippen LogP contribution in [0.25, 0.3) is 5.57 Å². The fourth-order valence-electron chi connectivity index (χ4n) is 3.07. The molecule has 26 heavy (non-hydrogen) atoms. The Morgan fingerprint density at radius 2 is 1.31 bits per heavy atom. The quantitative estimate of drug-likeness (QED) is 0.515. The fourth-order valence-corrected chi connectivity index (χ4v) is 3.07. The van der Waals surface area contributed by atoms with Crippen LogP contribution in [-0.4, -0.2) is 5.11 Å². The van der Waals surface area contributed by atoms with Gasteiger partial charge in [0.2, 0.25) is 0 Å². The molecule has 0 heterocycles. The van der Waals surface area contributed by atoms with Crippen molar-refractivity contribution in [3.63, 3.8) is 0 Å². The molecule has 1 heteroatoms. The summed E-state index contributed by atoms with van der Waals surface area (Å²) in [5, 5.41) is 9.57. The van der Waals surface area contributed by atoms with Crippen molar-refractivity contribution in [2.45, 2.75) is 19.8 Å². The first-order chi connectivity index (χ1) is 12.8. The molecule has 0 saturated heterocycles. The molecule has 0 spiro atoms. The van der Waals surface area contributed by atoms with Gasteiger partial charge in [0, 0.05) is 0 Å². The topological polar surface area (TPSA) is 20.2 Å². The first kappa shape index (κ1) is 17.8. The highest BCUT2D eigenvalue weighted by Crippen LogP contribution is 2.30. The number of benzene rings is 3. The van der Waals surface area contributed by atoms with Crippen molar-refractivity contribution in [3.05, 3.63) is 119 Å². The van der Waals surface area contributed by atoms with Crippen molar-refractivity contribution in [2.75, 3.05) is 0 Å². The lowest BCUT2D eigenvalue weighted by molar-refractivity contribution is 0.475. The molecule has 1 nitrogen and oxygen atoms in total. The van der Waals surface area contributed by atoms with Crippen LogP contribution < -0.4 is 0 Å². The van der Waals surface area contributed by atoms with E-state index in [1.807, 2.05) is 24.3 Å². The molecule has 0 amide bonds. The van der Waals surface area contributed by atoms with E-state index in [2.05, 4.69) is 67.6 Å². The minimum Gasteiger partial charge on any atom is -0.508 e. The fraction of sp³-hybridized carbons (Fsp3) is 0.120. The van der Waals surface area contributed by atoms with Gasteiger partial charge in [-0.05, 0) is 52.8 Å². The molecule has 0 saturated carbocycles. The van der Waals surface area contributed by atoms with Crippen LogP contribution in [-0.2, 0) is 6.42 Å². The lowest BCUT2D eigenvalue weighted by atomic mass is 9.89. The molecule has 0 atom stereocenters. The summed E-state index contributed by atoms with van der Waals surface area (Å²) in [6.45, 7) is 2.15. The number of hydrogen-bond donors (Lipinski definition) is 1. The molecular weight excluding hydrogens is 316 g/mol. The third-order valence-electron chi connectivity index (χ3n) is 4.33. The van der Waals surface area contributed by atoms with Crippen LogP contribution in [0.2, 0.25) is 0 Å². The van der Waals surface area contributed by atoms with Gasteiger partial charge in [-0.2, -0.15) is 0 Å². The van der Waals surface area contributed by atoms with Crippen LogP contribution in [0, 0.1) is 0 Å². The van der Waals surface area contributed by atoms with Crippen molar-refractivity contribution in [2.24, 2.45) is 0 Å². The first-order valence-electron chi connectivity index (χ1n) is 9.06. The van der Waals surface area contributed by atoms with Gasteiger partial charge in [0.1, 0.15) is 5.75 Å². The van der Waals surface area contributed by atoms with E-state index in [0.29, 0.717) is 5.75 Å². The average Bonchev–Trinajstić information content (AvgIpc) is 2.69. The Kier molecular flexibility index (Phi) is 6.05. The molecule has 130 valence electrons. The number of rotatable bonds is 6. The Hall–Kier alpha value is -3.06. The number of hydrogen-bond acceptors (Lipinski definition) is 1. The molecule has 3 aromatic rings. The third kappa shape index (κ3) is 4.52. The maximum absolute atomic E-state index is 9.57. The second kappa shape index (κ2) is 8.87. The van der Waals surface area contributed by atoms with E-state index in [1.165, 1.54) is 27.8 Å². The molecule has 0 aromatic heterocycles. The van der Waals surface area contributed by atoms with Gasteiger partial charge in [-0.25, -0.2) is 0 Å². The van der Waals surface area contributed by atoms with E-state index in [-0.39, 0.29) is 0 Å². The maximum Gasteiger partial charge on any atom is 0.115 e. The summed E-state index contributed by atoms with van der Waals surface area (Å²) < 4.78 is 0. The summed E-state index contributed by atoms with van der Waals surface area (Å²) in [7, 11) is 0. The van der Waals surface area contributed by atoms with Crippen LogP contribution >= 0.6 is 0 Å². The van der Waals surface area contributed by atoms with Crippen molar-refractivity contribution in [1.29, 1.82) is 0 Å². The highest BCUT2D eigenvalue weighted by Gasteiger charge is 2.11. The van der Waals surface area contributed by atoms with Crippen LogP contribution in [0.4, 0.5) is 0 Å². The largest absolute Gasteiger partial charge is 0.508 e. The van der Waals surface area contributed by atoms with Crippen molar-refractivity contribution in [1.82, 2.24) is 0 Å². The Morgan fingerprint density at radius 3 is 1.81 bits per heavy atom. The summed E-state index contributed by atoms with van der Waals surface area (Å²) in [6.07, 6.45) is 6.26. The normalized spacial score (nSPS) is 10.8. The van der Waals surface area contributed by atoms with Crippen LogP contribution in [0.1, 0.15) is 30.0 Å². The standard InChI is InChI=1S/C25H24O/c1-2-3-10-23(19-20-15-17-24(26)18-16-20)25(21-11-6-4-7-12-21)22-13-8-5-9-14-22/h3-18,26H,2,19H2,1H3/b10-3+. The molecule has 3 rings (SSSR count). The van der Waals surface area contributed by atoms with Crippen LogP contribution in [0.15, 0.2) is 103 Å². The number of allylic oxidation sites excluding steroid dienone is 3. The number of aromatic hydroxyl groups is 1. The Balaban J connectivity index is 2.15. The Morgan fingerprint density at radius 1 is 0.769 bits per heavy atom. The zero-order chi connectivity index (χ0) is 18.2. The minimum absolute atomic E-state index is 0.301. The molecule has 0 aliphatic heterocycles. The molecule has 0 radical (unpaired) electrons. The summed E-state index contributed by atoms with van der Waals surface area (Å²) in [4.78, 5) is 0. The molecule has 1 N–H and O–H groups in total. The van der Waals surface area contributed by atoms with Gasteiger partial charge >= 0.3 is 0 Å². The monoisotopic (exact) mass is 340 g/mol. The van der Waals surface area contributed by atoms with E-state index in [9.17, 15) is 5.11 Å². The lowest BCUT2D eigenvalue weighted by Gasteiger charge is -2.15. The van der Waals surface area contributed by atoms with Gasteiger partial charge in [0.05, 0.1) is 0 Å². The van der Waals surface area contributed by atoms with E-state index in [1.54, 1.807) is 12.1 Å².